The van der Waals surface area contributed by atoms with Gasteiger partial charge in [-0.25, -0.2) is 0 Å². The Morgan fingerprint density at radius 3 is 2.12 bits per heavy atom. The second-order valence-electron chi connectivity index (χ2n) is 6.26. The van der Waals surface area contributed by atoms with E-state index in [9.17, 15) is 0 Å². The Balaban J connectivity index is 1.87. The van der Waals surface area contributed by atoms with Crippen LogP contribution in [-0.2, 0) is 9.31 Å². The third-order valence-corrected chi connectivity index (χ3v) is 4.34. The van der Waals surface area contributed by atoms with Gasteiger partial charge in [-0.2, -0.15) is 0 Å². The average Bonchev–Trinajstić information content (AvgIpc) is 2.74. The molecule has 2 rings (SSSR count). The number of rotatable bonds is 1. The molecule has 0 atom stereocenters. The van der Waals surface area contributed by atoms with Gasteiger partial charge in [0, 0.05) is 6.42 Å². The summed E-state index contributed by atoms with van der Waals surface area (Å²) in [7, 11) is -0.346. The fraction of sp³-hybridized carbons (Fsp3) is 0.857. The molecular weight excluding hydrogens is 211 g/mol. The summed E-state index contributed by atoms with van der Waals surface area (Å²) in [5, 5.41) is 0. The van der Waals surface area contributed by atoms with Crippen molar-refractivity contribution in [2.75, 3.05) is 0 Å². The molecule has 0 aromatic heterocycles. The van der Waals surface area contributed by atoms with Crippen LogP contribution in [0.25, 0.3) is 0 Å². The van der Waals surface area contributed by atoms with E-state index < -0.39 is 0 Å². The third kappa shape index (κ3) is 2.87. The first-order valence-electron chi connectivity index (χ1n) is 6.75. The van der Waals surface area contributed by atoms with E-state index in [0.717, 1.165) is 12.3 Å². The van der Waals surface area contributed by atoms with Gasteiger partial charge in [0.1, 0.15) is 0 Å². The molecule has 0 unspecified atom stereocenters. The molecule has 1 saturated heterocycles. The van der Waals surface area contributed by atoms with E-state index in [1.165, 1.54) is 25.7 Å². The van der Waals surface area contributed by atoms with Crippen molar-refractivity contribution in [3.8, 4) is 11.7 Å². The predicted molar refractivity (Wildman–Crippen MR) is 70.4 cm³/mol. The zero-order valence-electron chi connectivity index (χ0n) is 11.5. The van der Waals surface area contributed by atoms with Gasteiger partial charge in [0.25, 0.3) is 0 Å². The van der Waals surface area contributed by atoms with Gasteiger partial charge in [-0.05, 0) is 46.5 Å². The minimum Gasteiger partial charge on any atom is -0.392 e. The fourth-order valence-electron chi connectivity index (χ4n) is 2.40. The van der Waals surface area contributed by atoms with Crippen LogP contribution >= 0.6 is 0 Å². The maximum absolute atomic E-state index is 5.83. The third-order valence-electron chi connectivity index (χ3n) is 4.34. The van der Waals surface area contributed by atoms with Crippen LogP contribution in [0.3, 0.4) is 0 Å². The second-order valence-corrected chi connectivity index (χ2v) is 6.26. The lowest BCUT2D eigenvalue weighted by atomic mass is 9.90. The van der Waals surface area contributed by atoms with E-state index in [2.05, 4.69) is 39.4 Å². The minimum absolute atomic E-state index is 0.264. The van der Waals surface area contributed by atoms with Crippen molar-refractivity contribution < 1.29 is 9.31 Å². The Bertz CT molecular complexity index is 316. The first-order valence-corrected chi connectivity index (χ1v) is 6.75. The summed E-state index contributed by atoms with van der Waals surface area (Å²) in [4.78, 5) is 0. The van der Waals surface area contributed by atoms with Crippen molar-refractivity contribution >= 4 is 7.12 Å². The molecular formula is C14H23BO2. The van der Waals surface area contributed by atoms with Crippen molar-refractivity contribution in [1.29, 1.82) is 0 Å². The summed E-state index contributed by atoms with van der Waals surface area (Å²) >= 11 is 0. The molecule has 94 valence electrons. The largest absolute Gasteiger partial charge is 0.551 e. The highest BCUT2D eigenvalue weighted by atomic mass is 16.7. The standard InChI is InChI=1S/C14H23BO2/c1-13(2)14(3,4)17-15(16-13)11-7-10-12-8-5-6-9-12/h12H,5-6,8-10H2,1-4H3. The average molecular weight is 234 g/mol. The zero-order chi connectivity index (χ0) is 12.5. The molecule has 1 heterocycles. The second kappa shape index (κ2) is 4.67. The Morgan fingerprint density at radius 2 is 1.59 bits per heavy atom. The van der Waals surface area contributed by atoms with Crippen LogP contribution in [0.5, 0.6) is 0 Å². The highest BCUT2D eigenvalue weighted by molar-refractivity contribution is 6.55. The van der Waals surface area contributed by atoms with Crippen molar-refractivity contribution in [3.05, 3.63) is 0 Å². The van der Waals surface area contributed by atoms with E-state index >= 15 is 0 Å². The molecule has 0 aromatic rings. The first-order chi connectivity index (χ1) is 7.91. The Hall–Kier alpha value is -0.455. The van der Waals surface area contributed by atoms with Gasteiger partial charge >= 0.3 is 7.12 Å². The molecule has 0 radical (unpaired) electrons. The molecule has 0 N–H and O–H groups in total. The van der Waals surface area contributed by atoms with E-state index in [1.807, 2.05) is 0 Å². The first kappa shape index (κ1) is 13.0. The van der Waals surface area contributed by atoms with E-state index in [0.29, 0.717) is 0 Å². The molecule has 0 bridgehead atoms. The summed E-state index contributed by atoms with van der Waals surface area (Å²) in [6.45, 7) is 8.24. The molecule has 1 saturated carbocycles. The SMILES string of the molecule is CC1(C)OB(C#CCC2CCCC2)OC1(C)C. The van der Waals surface area contributed by atoms with Crippen LogP contribution in [0.15, 0.2) is 0 Å². The quantitative estimate of drug-likeness (QED) is 0.512. The minimum atomic E-state index is -0.346. The Labute approximate surface area is 106 Å². The van der Waals surface area contributed by atoms with Gasteiger partial charge in [-0.15, -0.1) is 5.92 Å². The smallest absolute Gasteiger partial charge is 0.392 e. The monoisotopic (exact) mass is 234 g/mol. The summed E-state index contributed by atoms with van der Waals surface area (Å²) in [5.74, 6) is 7.18. The Morgan fingerprint density at radius 1 is 1.06 bits per heavy atom. The molecule has 0 aromatic carbocycles. The number of hydrogen-bond donors (Lipinski definition) is 0. The van der Waals surface area contributed by atoms with Crippen LogP contribution in [0, 0.1) is 17.7 Å². The van der Waals surface area contributed by atoms with E-state index in [1.54, 1.807) is 0 Å². The van der Waals surface area contributed by atoms with Gasteiger partial charge in [-0.3, -0.25) is 0 Å². The van der Waals surface area contributed by atoms with Gasteiger partial charge in [0.2, 0.25) is 0 Å². The van der Waals surface area contributed by atoms with E-state index in [-0.39, 0.29) is 18.3 Å². The van der Waals surface area contributed by atoms with Crippen molar-refractivity contribution in [2.24, 2.45) is 5.92 Å². The summed E-state index contributed by atoms with van der Waals surface area (Å²) in [6, 6.07) is 0. The van der Waals surface area contributed by atoms with Crippen molar-refractivity contribution in [2.45, 2.75) is 71.0 Å². The van der Waals surface area contributed by atoms with Crippen LogP contribution in [0.2, 0.25) is 0 Å². The molecule has 0 spiro atoms. The molecule has 1 aliphatic carbocycles. The maximum atomic E-state index is 5.83. The molecule has 17 heavy (non-hydrogen) atoms. The normalized spacial score (nSPS) is 26.9. The zero-order valence-corrected chi connectivity index (χ0v) is 11.5. The van der Waals surface area contributed by atoms with Crippen molar-refractivity contribution in [1.82, 2.24) is 0 Å². The highest BCUT2D eigenvalue weighted by Gasteiger charge is 2.50. The lowest BCUT2D eigenvalue weighted by molar-refractivity contribution is 0.00578. The Kier molecular flexibility index (Phi) is 3.57. The van der Waals surface area contributed by atoms with Gasteiger partial charge in [0.05, 0.1) is 11.2 Å². The highest BCUT2D eigenvalue weighted by Crippen LogP contribution is 2.36. The molecule has 2 fully saturated rings. The topological polar surface area (TPSA) is 18.5 Å². The lowest BCUT2D eigenvalue weighted by Gasteiger charge is -2.32. The van der Waals surface area contributed by atoms with Gasteiger partial charge < -0.3 is 9.31 Å². The molecule has 2 aliphatic rings. The number of hydrogen-bond acceptors (Lipinski definition) is 2. The molecule has 2 nitrogen and oxygen atoms in total. The molecule has 0 amide bonds. The fourth-order valence-corrected chi connectivity index (χ4v) is 2.40. The summed E-state index contributed by atoms with van der Waals surface area (Å²) in [6.07, 6.45) is 6.45. The van der Waals surface area contributed by atoms with Gasteiger partial charge in [0.15, 0.2) is 0 Å². The van der Waals surface area contributed by atoms with E-state index in [4.69, 9.17) is 9.31 Å². The van der Waals surface area contributed by atoms with Crippen LogP contribution < -0.4 is 0 Å². The summed E-state index contributed by atoms with van der Waals surface area (Å²) < 4.78 is 11.7. The van der Waals surface area contributed by atoms with Crippen molar-refractivity contribution in [3.63, 3.8) is 0 Å². The maximum Gasteiger partial charge on any atom is 0.551 e. The van der Waals surface area contributed by atoms with Crippen LogP contribution in [0.1, 0.15) is 59.8 Å². The summed E-state index contributed by atoms with van der Waals surface area (Å²) in [5.41, 5.74) is -0.528. The predicted octanol–water partition coefficient (Wildman–Crippen LogP) is 3.20. The van der Waals surface area contributed by atoms with Crippen LogP contribution in [-0.4, -0.2) is 18.3 Å². The molecule has 3 heteroatoms. The van der Waals surface area contributed by atoms with Crippen LogP contribution in [0.4, 0.5) is 0 Å². The lowest BCUT2D eigenvalue weighted by Crippen LogP contribution is -2.41. The molecule has 1 aliphatic heterocycles. The van der Waals surface area contributed by atoms with Gasteiger partial charge in [-0.1, -0.05) is 18.7 Å².